The molecule has 0 saturated heterocycles. The van der Waals surface area contributed by atoms with Gasteiger partial charge in [0.2, 0.25) is 5.91 Å². The van der Waals surface area contributed by atoms with Gasteiger partial charge in [0.15, 0.2) is 6.61 Å². The smallest absolute Gasteiger partial charge is 0.261 e. The van der Waals surface area contributed by atoms with Crippen molar-refractivity contribution in [1.29, 1.82) is 0 Å². The van der Waals surface area contributed by atoms with Gasteiger partial charge >= 0.3 is 0 Å². The molecule has 2 atom stereocenters. The van der Waals surface area contributed by atoms with Gasteiger partial charge in [0.05, 0.1) is 0 Å². The van der Waals surface area contributed by atoms with E-state index >= 15 is 0 Å². The summed E-state index contributed by atoms with van der Waals surface area (Å²) >= 11 is 14.6. The summed E-state index contributed by atoms with van der Waals surface area (Å²) in [5.74, 6) is 0.107. The molecule has 8 heteroatoms. The van der Waals surface area contributed by atoms with Crippen LogP contribution in [0.2, 0.25) is 10.0 Å². The van der Waals surface area contributed by atoms with Crippen molar-refractivity contribution in [3.8, 4) is 5.75 Å². The van der Waals surface area contributed by atoms with Gasteiger partial charge in [0.25, 0.3) is 5.91 Å². The number of amides is 2. The molecule has 31 heavy (non-hydrogen) atoms. The van der Waals surface area contributed by atoms with Gasteiger partial charge in [-0.2, -0.15) is 0 Å². The Kier molecular flexibility index (Phi) is 10.4. The molecule has 5 nitrogen and oxygen atoms in total. The zero-order chi connectivity index (χ0) is 23.0. The van der Waals surface area contributed by atoms with E-state index < -0.39 is 6.04 Å². The molecule has 0 bridgehead atoms. The molecule has 0 aliphatic heterocycles. The SMILES string of the molecule is CC[C@H](C)NC(=O)[C@H](CC)N(Cc1ccc(Cl)cc1Cl)C(=O)COc1ccc(I)cc1. The van der Waals surface area contributed by atoms with Crippen LogP contribution in [0.4, 0.5) is 0 Å². The van der Waals surface area contributed by atoms with Crippen LogP contribution in [0.25, 0.3) is 0 Å². The number of rotatable bonds is 10. The van der Waals surface area contributed by atoms with Crippen molar-refractivity contribution < 1.29 is 14.3 Å². The Labute approximate surface area is 207 Å². The highest BCUT2D eigenvalue weighted by molar-refractivity contribution is 14.1. The zero-order valence-electron chi connectivity index (χ0n) is 17.8. The van der Waals surface area contributed by atoms with Crippen LogP contribution >= 0.6 is 45.8 Å². The highest BCUT2D eigenvalue weighted by Crippen LogP contribution is 2.24. The Bertz CT molecular complexity index is 893. The first-order valence-electron chi connectivity index (χ1n) is 10.2. The van der Waals surface area contributed by atoms with Crippen LogP contribution < -0.4 is 10.1 Å². The average molecular weight is 577 g/mol. The van der Waals surface area contributed by atoms with E-state index in [9.17, 15) is 9.59 Å². The van der Waals surface area contributed by atoms with Crippen LogP contribution in [0.5, 0.6) is 5.75 Å². The third-order valence-electron chi connectivity index (χ3n) is 4.92. The van der Waals surface area contributed by atoms with Crippen LogP contribution in [0.1, 0.15) is 39.2 Å². The lowest BCUT2D eigenvalue weighted by Crippen LogP contribution is -2.51. The molecule has 0 heterocycles. The lowest BCUT2D eigenvalue weighted by molar-refractivity contribution is -0.143. The Morgan fingerprint density at radius 1 is 1.10 bits per heavy atom. The zero-order valence-corrected chi connectivity index (χ0v) is 21.5. The van der Waals surface area contributed by atoms with Gasteiger partial charge in [-0.3, -0.25) is 9.59 Å². The number of nitrogens with zero attached hydrogens (tertiary/aromatic N) is 1. The summed E-state index contributed by atoms with van der Waals surface area (Å²) in [6, 6.07) is 11.9. The van der Waals surface area contributed by atoms with Crippen molar-refractivity contribution >= 4 is 57.6 Å². The topological polar surface area (TPSA) is 58.6 Å². The fourth-order valence-electron chi connectivity index (χ4n) is 2.95. The van der Waals surface area contributed by atoms with Crippen LogP contribution in [0.15, 0.2) is 42.5 Å². The number of ether oxygens (including phenoxy) is 1. The Morgan fingerprint density at radius 3 is 2.35 bits per heavy atom. The van der Waals surface area contributed by atoms with Crippen molar-refractivity contribution in [1.82, 2.24) is 10.2 Å². The number of halogens is 3. The molecular weight excluding hydrogens is 550 g/mol. The van der Waals surface area contributed by atoms with Gasteiger partial charge in [0.1, 0.15) is 11.8 Å². The predicted molar refractivity (Wildman–Crippen MR) is 134 cm³/mol. The van der Waals surface area contributed by atoms with E-state index in [-0.39, 0.29) is 31.0 Å². The molecule has 2 aromatic carbocycles. The van der Waals surface area contributed by atoms with Crippen molar-refractivity contribution in [2.24, 2.45) is 0 Å². The summed E-state index contributed by atoms with van der Waals surface area (Å²) in [5.41, 5.74) is 0.712. The number of carbonyl (C=O) groups excluding carboxylic acids is 2. The van der Waals surface area contributed by atoms with Crippen molar-refractivity contribution in [2.75, 3.05) is 6.61 Å². The quantitative estimate of drug-likeness (QED) is 0.369. The summed E-state index contributed by atoms with van der Waals surface area (Å²) in [6.45, 7) is 5.81. The highest BCUT2D eigenvalue weighted by atomic mass is 127. The third kappa shape index (κ3) is 7.84. The normalized spacial score (nSPS) is 12.7. The van der Waals surface area contributed by atoms with Crippen molar-refractivity contribution in [3.63, 3.8) is 0 Å². The maximum absolute atomic E-state index is 13.2. The Morgan fingerprint density at radius 2 is 1.77 bits per heavy atom. The minimum atomic E-state index is -0.645. The van der Waals surface area contributed by atoms with Gasteiger partial charge in [-0.1, -0.05) is 43.1 Å². The first-order valence-corrected chi connectivity index (χ1v) is 12.0. The Balaban J connectivity index is 2.24. The number of nitrogens with one attached hydrogen (secondary N) is 1. The Hall–Kier alpha value is -1.51. The van der Waals surface area contributed by atoms with Gasteiger partial charge in [-0.25, -0.2) is 0 Å². The van der Waals surface area contributed by atoms with E-state index in [0.717, 1.165) is 9.99 Å². The lowest BCUT2D eigenvalue weighted by atomic mass is 10.1. The fraction of sp³-hybridized carbons (Fsp3) is 0.391. The molecule has 1 N–H and O–H groups in total. The minimum absolute atomic E-state index is 0.0145. The molecule has 0 aliphatic carbocycles. The van der Waals surface area contributed by atoms with E-state index in [4.69, 9.17) is 27.9 Å². The molecule has 0 aromatic heterocycles. The molecule has 0 aliphatic rings. The second-order valence-electron chi connectivity index (χ2n) is 7.24. The monoisotopic (exact) mass is 576 g/mol. The van der Waals surface area contributed by atoms with E-state index in [2.05, 4.69) is 27.9 Å². The first-order chi connectivity index (χ1) is 14.7. The summed E-state index contributed by atoms with van der Waals surface area (Å²) in [4.78, 5) is 27.6. The van der Waals surface area contributed by atoms with Crippen LogP contribution in [0, 0.1) is 3.57 Å². The van der Waals surface area contributed by atoms with Crippen molar-refractivity contribution in [3.05, 3.63) is 61.6 Å². The van der Waals surface area contributed by atoms with Crippen LogP contribution in [-0.2, 0) is 16.1 Å². The molecule has 0 saturated carbocycles. The van der Waals surface area contributed by atoms with E-state index in [1.165, 1.54) is 4.90 Å². The minimum Gasteiger partial charge on any atom is -0.484 e. The van der Waals surface area contributed by atoms with Crippen LogP contribution in [-0.4, -0.2) is 35.4 Å². The largest absolute Gasteiger partial charge is 0.484 e. The summed E-state index contributed by atoms with van der Waals surface area (Å²) in [5, 5.41) is 3.93. The fourth-order valence-corrected chi connectivity index (χ4v) is 3.78. The molecule has 0 fully saturated rings. The van der Waals surface area contributed by atoms with Gasteiger partial charge < -0.3 is 15.0 Å². The molecule has 0 unspecified atom stereocenters. The second-order valence-corrected chi connectivity index (χ2v) is 9.33. The second kappa shape index (κ2) is 12.5. The lowest BCUT2D eigenvalue weighted by Gasteiger charge is -2.31. The van der Waals surface area contributed by atoms with Crippen molar-refractivity contribution in [2.45, 2.75) is 52.2 Å². The maximum Gasteiger partial charge on any atom is 0.261 e. The molecule has 2 aromatic rings. The standard InChI is InChI=1S/C23H27Cl2IN2O3/c1-4-15(3)27-23(30)21(5-2)28(13-16-6-7-17(24)12-20(16)25)22(29)14-31-19-10-8-18(26)9-11-19/h6-12,15,21H,4-5,13-14H2,1-3H3,(H,27,30)/t15-,21-/m0/s1. The van der Waals surface area contributed by atoms with Gasteiger partial charge in [-0.15, -0.1) is 0 Å². The molecule has 2 amide bonds. The molecule has 0 radical (unpaired) electrons. The number of benzene rings is 2. The highest BCUT2D eigenvalue weighted by Gasteiger charge is 2.30. The summed E-state index contributed by atoms with van der Waals surface area (Å²) < 4.78 is 6.76. The number of hydrogen-bond acceptors (Lipinski definition) is 3. The van der Waals surface area contributed by atoms with Crippen LogP contribution in [0.3, 0.4) is 0 Å². The molecule has 168 valence electrons. The predicted octanol–water partition coefficient (Wildman–Crippen LogP) is 5.70. The maximum atomic E-state index is 13.2. The van der Waals surface area contributed by atoms with Gasteiger partial charge in [-0.05, 0) is 84.3 Å². The molecular formula is C23H27Cl2IN2O3. The number of hydrogen-bond donors (Lipinski definition) is 1. The third-order valence-corrected chi connectivity index (χ3v) is 6.22. The van der Waals surface area contributed by atoms with E-state index in [1.54, 1.807) is 18.2 Å². The summed E-state index contributed by atoms with van der Waals surface area (Å²) in [6.07, 6.45) is 1.26. The van der Waals surface area contributed by atoms with E-state index in [1.807, 2.05) is 45.0 Å². The molecule has 2 rings (SSSR count). The first kappa shape index (κ1) is 25.7. The van der Waals surface area contributed by atoms with E-state index in [0.29, 0.717) is 27.8 Å². The summed E-state index contributed by atoms with van der Waals surface area (Å²) in [7, 11) is 0. The molecule has 0 spiro atoms. The van der Waals surface area contributed by atoms with Gasteiger partial charge in [0, 0.05) is 26.2 Å². The average Bonchev–Trinajstić information content (AvgIpc) is 2.74. The number of carbonyl (C=O) groups is 2.